The van der Waals surface area contributed by atoms with Gasteiger partial charge in [0.15, 0.2) is 0 Å². The number of rotatable bonds is 9. The Morgan fingerprint density at radius 1 is 1.00 bits per heavy atom. The summed E-state index contributed by atoms with van der Waals surface area (Å²) in [4.78, 5) is 17.4. The van der Waals surface area contributed by atoms with Crippen LogP contribution in [0.15, 0.2) is 78.9 Å². The number of hydrogen-bond donors (Lipinski definition) is 1. The molecule has 3 aromatic carbocycles. The van der Waals surface area contributed by atoms with Crippen LogP contribution < -0.4 is 10.1 Å². The van der Waals surface area contributed by atoms with Crippen LogP contribution in [0.5, 0.6) is 5.75 Å². The molecule has 0 fully saturated rings. The number of hydrogen-bond acceptors (Lipinski definition) is 4. The van der Waals surface area contributed by atoms with Crippen LogP contribution in [-0.2, 0) is 30.2 Å². The zero-order valence-electron chi connectivity index (χ0n) is 17.5. The molecule has 0 spiro atoms. The van der Waals surface area contributed by atoms with Crippen LogP contribution in [0, 0.1) is 0 Å². The lowest BCUT2D eigenvalue weighted by molar-refractivity contribution is -0.121. The Bertz CT molecular complexity index is 1160. The average Bonchev–Trinajstić information content (AvgIpc) is 3.14. The number of thioether (sulfide) groups is 1. The first-order valence-corrected chi connectivity index (χ1v) is 11.6. The number of amides is 1. The molecule has 0 saturated carbocycles. The molecule has 0 aliphatic carbocycles. The van der Waals surface area contributed by atoms with Gasteiger partial charge in [-0.2, -0.15) is 11.8 Å². The quantitative estimate of drug-likeness (QED) is 0.414. The Morgan fingerprint density at radius 2 is 1.77 bits per heavy atom. The minimum Gasteiger partial charge on any atom is -0.489 e. The number of nitrogens with one attached hydrogen (secondary N) is 1. The fourth-order valence-electron chi connectivity index (χ4n) is 3.45. The third kappa shape index (κ3) is 5.47. The SMILES string of the molecule is CSCc1nc2ccccc2n1CC(=O)NCc1cccc(COc2ccccc2)c1. The summed E-state index contributed by atoms with van der Waals surface area (Å²) in [5.74, 6) is 2.50. The van der Waals surface area contributed by atoms with Gasteiger partial charge in [-0.1, -0.05) is 54.6 Å². The Labute approximate surface area is 186 Å². The fourth-order valence-corrected chi connectivity index (χ4v) is 3.93. The van der Waals surface area contributed by atoms with Crippen LogP contribution in [0.4, 0.5) is 0 Å². The molecule has 0 radical (unpaired) electrons. The van der Waals surface area contributed by atoms with Gasteiger partial charge in [0.05, 0.1) is 16.8 Å². The van der Waals surface area contributed by atoms with Crippen LogP contribution in [0.3, 0.4) is 0 Å². The number of imidazole rings is 1. The van der Waals surface area contributed by atoms with Crippen molar-refractivity contribution < 1.29 is 9.53 Å². The lowest BCUT2D eigenvalue weighted by Crippen LogP contribution is -2.27. The highest BCUT2D eigenvalue weighted by atomic mass is 32.2. The summed E-state index contributed by atoms with van der Waals surface area (Å²) in [6.45, 7) is 1.22. The zero-order chi connectivity index (χ0) is 21.5. The minimum absolute atomic E-state index is 0.0311. The molecule has 1 N–H and O–H groups in total. The molecule has 1 aromatic heterocycles. The van der Waals surface area contributed by atoms with Gasteiger partial charge in [0.1, 0.15) is 24.7 Å². The molecule has 4 aromatic rings. The van der Waals surface area contributed by atoms with Crippen molar-refractivity contribution in [2.24, 2.45) is 0 Å². The molecular weight excluding hydrogens is 406 g/mol. The second-order valence-corrected chi connectivity index (χ2v) is 8.10. The van der Waals surface area contributed by atoms with Gasteiger partial charge in [-0.25, -0.2) is 4.98 Å². The zero-order valence-corrected chi connectivity index (χ0v) is 18.3. The molecule has 31 heavy (non-hydrogen) atoms. The van der Waals surface area contributed by atoms with Gasteiger partial charge in [0.2, 0.25) is 5.91 Å². The number of nitrogens with zero attached hydrogens (tertiary/aromatic N) is 2. The van der Waals surface area contributed by atoms with E-state index < -0.39 is 0 Å². The second-order valence-electron chi connectivity index (χ2n) is 7.23. The van der Waals surface area contributed by atoms with E-state index in [1.165, 1.54) is 0 Å². The largest absolute Gasteiger partial charge is 0.489 e. The molecule has 0 aliphatic heterocycles. The summed E-state index contributed by atoms with van der Waals surface area (Å²) in [6.07, 6.45) is 2.04. The number of benzene rings is 3. The van der Waals surface area contributed by atoms with Gasteiger partial charge >= 0.3 is 0 Å². The van der Waals surface area contributed by atoms with Crippen LogP contribution in [0.1, 0.15) is 17.0 Å². The first kappa shape index (κ1) is 21.0. The maximum Gasteiger partial charge on any atom is 0.240 e. The molecule has 6 heteroatoms. The van der Waals surface area contributed by atoms with E-state index in [1.807, 2.05) is 83.6 Å². The summed E-state index contributed by atoms with van der Waals surface area (Å²) in [6, 6.07) is 25.8. The number of ether oxygens (including phenoxy) is 1. The molecule has 0 saturated heterocycles. The maximum absolute atomic E-state index is 12.7. The number of fused-ring (bicyclic) bond motifs is 1. The van der Waals surface area contributed by atoms with E-state index in [1.54, 1.807) is 11.8 Å². The molecule has 5 nitrogen and oxygen atoms in total. The van der Waals surface area contributed by atoms with E-state index in [4.69, 9.17) is 4.74 Å². The molecular formula is C25H25N3O2S. The Morgan fingerprint density at radius 3 is 2.61 bits per heavy atom. The van der Waals surface area contributed by atoms with Crippen molar-refractivity contribution in [3.8, 4) is 5.75 Å². The smallest absolute Gasteiger partial charge is 0.240 e. The predicted octanol–water partition coefficient (Wildman–Crippen LogP) is 4.79. The molecule has 1 amide bonds. The monoisotopic (exact) mass is 431 g/mol. The highest BCUT2D eigenvalue weighted by Crippen LogP contribution is 2.19. The highest BCUT2D eigenvalue weighted by molar-refractivity contribution is 7.97. The summed E-state index contributed by atoms with van der Waals surface area (Å²) in [7, 11) is 0. The minimum atomic E-state index is -0.0311. The van der Waals surface area contributed by atoms with Crippen LogP contribution >= 0.6 is 11.8 Å². The number of para-hydroxylation sites is 3. The van der Waals surface area contributed by atoms with Crippen molar-refractivity contribution in [3.63, 3.8) is 0 Å². The standard InChI is InChI=1S/C25H25N3O2S/c1-31-18-24-27-22-12-5-6-13-23(22)28(24)16-25(29)26-15-19-8-7-9-20(14-19)17-30-21-10-3-2-4-11-21/h2-14H,15-18H2,1H3,(H,26,29). The summed E-state index contributed by atoms with van der Waals surface area (Å²) in [5.41, 5.74) is 4.02. The fraction of sp³-hybridized carbons (Fsp3) is 0.200. The van der Waals surface area contributed by atoms with Crippen LogP contribution in [0.2, 0.25) is 0 Å². The molecule has 1 heterocycles. The van der Waals surface area contributed by atoms with Crippen LogP contribution in [0.25, 0.3) is 11.0 Å². The van der Waals surface area contributed by atoms with E-state index in [0.29, 0.717) is 13.2 Å². The third-order valence-corrected chi connectivity index (χ3v) is 5.49. The lowest BCUT2D eigenvalue weighted by Gasteiger charge is -2.11. The van der Waals surface area contributed by atoms with Gasteiger partial charge in [0.25, 0.3) is 0 Å². The normalized spacial score (nSPS) is 10.9. The molecule has 0 aliphatic rings. The first-order valence-electron chi connectivity index (χ1n) is 10.2. The molecule has 158 valence electrons. The van der Waals surface area contributed by atoms with Crippen molar-refractivity contribution in [2.75, 3.05) is 6.26 Å². The Hall–Kier alpha value is -3.25. The van der Waals surface area contributed by atoms with Crippen LogP contribution in [-0.4, -0.2) is 21.7 Å². The van der Waals surface area contributed by atoms with E-state index in [0.717, 1.165) is 39.5 Å². The van der Waals surface area contributed by atoms with Gasteiger partial charge in [-0.3, -0.25) is 4.79 Å². The van der Waals surface area contributed by atoms with Gasteiger partial charge in [0, 0.05) is 6.54 Å². The van der Waals surface area contributed by atoms with E-state index >= 15 is 0 Å². The van der Waals surface area contributed by atoms with E-state index in [9.17, 15) is 4.79 Å². The highest BCUT2D eigenvalue weighted by Gasteiger charge is 2.13. The lowest BCUT2D eigenvalue weighted by atomic mass is 10.1. The van der Waals surface area contributed by atoms with Crippen molar-refractivity contribution in [2.45, 2.75) is 25.4 Å². The van der Waals surface area contributed by atoms with Crippen molar-refractivity contribution >= 4 is 28.7 Å². The molecule has 0 unspecified atom stereocenters. The Balaban J connectivity index is 1.37. The molecule has 4 rings (SSSR count). The van der Waals surface area contributed by atoms with E-state index in [2.05, 4.69) is 16.4 Å². The van der Waals surface area contributed by atoms with Gasteiger partial charge < -0.3 is 14.6 Å². The summed E-state index contributed by atoms with van der Waals surface area (Å²) in [5, 5.41) is 3.04. The topological polar surface area (TPSA) is 56.2 Å². The maximum atomic E-state index is 12.7. The van der Waals surface area contributed by atoms with Gasteiger partial charge in [-0.15, -0.1) is 0 Å². The summed E-state index contributed by atoms with van der Waals surface area (Å²) >= 11 is 1.70. The predicted molar refractivity (Wildman–Crippen MR) is 126 cm³/mol. The van der Waals surface area contributed by atoms with Crippen molar-refractivity contribution in [1.29, 1.82) is 0 Å². The number of aromatic nitrogens is 2. The summed E-state index contributed by atoms with van der Waals surface area (Å²) < 4.78 is 7.83. The first-order chi connectivity index (χ1) is 15.2. The van der Waals surface area contributed by atoms with Crippen molar-refractivity contribution in [1.82, 2.24) is 14.9 Å². The third-order valence-electron chi connectivity index (χ3n) is 4.94. The molecule has 0 atom stereocenters. The van der Waals surface area contributed by atoms with Crippen molar-refractivity contribution in [3.05, 3.63) is 95.8 Å². The van der Waals surface area contributed by atoms with E-state index in [-0.39, 0.29) is 12.5 Å². The average molecular weight is 432 g/mol. The Kier molecular flexibility index (Phi) is 6.89. The second kappa shape index (κ2) is 10.2. The number of carbonyl (C=O) groups is 1. The number of carbonyl (C=O) groups excluding carboxylic acids is 1. The van der Waals surface area contributed by atoms with Gasteiger partial charge in [-0.05, 0) is 41.6 Å². The molecule has 0 bridgehead atoms.